The summed E-state index contributed by atoms with van der Waals surface area (Å²) in [5.41, 5.74) is 5.18. The first-order valence-electron chi connectivity index (χ1n) is 8.82. The maximum Gasteiger partial charge on any atom is 0.514 e. The summed E-state index contributed by atoms with van der Waals surface area (Å²) in [6.45, 7) is 12.4. The van der Waals surface area contributed by atoms with Gasteiger partial charge in [0.1, 0.15) is 11.4 Å². The summed E-state index contributed by atoms with van der Waals surface area (Å²) < 4.78 is 10.3. The molecule has 2 rings (SSSR count). The summed E-state index contributed by atoms with van der Waals surface area (Å²) in [5.74, 6) is 0.470. The van der Waals surface area contributed by atoms with Gasteiger partial charge in [-0.3, -0.25) is 0 Å². The van der Waals surface area contributed by atoms with Gasteiger partial charge in [-0.1, -0.05) is 67.8 Å². The van der Waals surface area contributed by atoms with Crippen LogP contribution >= 0.6 is 0 Å². The van der Waals surface area contributed by atoms with Gasteiger partial charge >= 0.3 is 6.16 Å². The maximum atomic E-state index is 11.7. The topological polar surface area (TPSA) is 35.5 Å². The average Bonchev–Trinajstić information content (AvgIpc) is 2.52. The van der Waals surface area contributed by atoms with Crippen molar-refractivity contribution in [2.45, 2.75) is 46.0 Å². The average molecular weight is 369 g/mol. The second-order valence-corrected chi connectivity index (χ2v) is 13.5. The van der Waals surface area contributed by atoms with Crippen LogP contribution < -0.4 is 4.74 Å². The van der Waals surface area contributed by atoms with Gasteiger partial charge in [0.05, 0.1) is 8.07 Å². The lowest BCUT2D eigenvalue weighted by atomic mass is 10.0. The summed E-state index contributed by atoms with van der Waals surface area (Å²) in [4.78, 5) is 11.7. The van der Waals surface area contributed by atoms with Crippen molar-refractivity contribution >= 4 is 20.3 Å². The smallest absolute Gasteiger partial charge is 0.428 e. The Labute approximate surface area is 157 Å². The minimum atomic E-state index is -1.18. The van der Waals surface area contributed by atoms with Crippen LogP contribution in [0.1, 0.15) is 26.3 Å². The Hall–Kier alpha value is -2.33. The van der Waals surface area contributed by atoms with E-state index in [0.717, 1.165) is 11.1 Å². The van der Waals surface area contributed by atoms with Crippen molar-refractivity contribution in [1.29, 1.82) is 0 Å². The van der Waals surface area contributed by atoms with Crippen LogP contribution in [-0.4, -0.2) is 19.8 Å². The number of hydrogen-bond acceptors (Lipinski definition) is 3. The van der Waals surface area contributed by atoms with E-state index in [2.05, 4.69) is 55.7 Å². The molecule has 0 radical (unpaired) electrons. The first kappa shape index (κ1) is 20.0. The molecule has 2 aromatic carbocycles. The van der Waals surface area contributed by atoms with E-state index in [4.69, 9.17) is 9.47 Å². The number of ether oxygens (including phenoxy) is 2. The Balaban J connectivity index is 2.04. The molecule has 0 amide bonds. The second kappa shape index (κ2) is 7.91. The Kier molecular flexibility index (Phi) is 6.08. The molecule has 0 aromatic heterocycles. The molecule has 0 spiro atoms. The van der Waals surface area contributed by atoms with Crippen molar-refractivity contribution in [1.82, 2.24) is 0 Å². The first-order valence-corrected chi connectivity index (χ1v) is 12.4. The lowest BCUT2D eigenvalue weighted by Crippen LogP contribution is -2.25. The van der Waals surface area contributed by atoms with Crippen LogP contribution in [0.2, 0.25) is 19.6 Å². The summed E-state index contributed by atoms with van der Waals surface area (Å²) in [6, 6.07) is 15.9. The van der Waals surface area contributed by atoms with Crippen LogP contribution in [-0.2, 0) is 4.74 Å². The fraction of sp³-hybridized carbons (Fsp3) is 0.318. The molecule has 2 aromatic rings. The molecule has 4 heteroatoms. The van der Waals surface area contributed by atoms with E-state index in [-0.39, 0.29) is 0 Å². The molecule has 0 aliphatic heterocycles. The standard InChI is InChI=1S/C22H28O3Si/c1-22(2,3)25-21(23)24-20-13-11-19(12-14-20)18-9-7-17(8-10-18)15-16-26(4,5)6/h7-16H,1-6H3/b16-15+. The van der Waals surface area contributed by atoms with Crippen molar-refractivity contribution in [2.24, 2.45) is 0 Å². The molecule has 0 unspecified atom stereocenters. The van der Waals surface area contributed by atoms with Crippen LogP contribution in [0.5, 0.6) is 5.75 Å². The predicted octanol–water partition coefficient (Wildman–Crippen LogP) is 6.56. The molecule has 138 valence electrons. The van der Waals surface area contributed by atoms with E-state index in [0.29, 0.717) is 5.75 Å². The number of carbonyl (C=O) groups is 1. The number of carbonyl (C=O) groups excluding carboxylic acids is 1. The molecule has 0 heterocycles. The molecule has 0 atom stereocenters. The van der Waals surface area contributed by atoms with Crippen molar-refractivity contribution in [2.75, 3.05) is 0 Å². The van der Waals surface area contributed by atoms with Gasteiger partial charge in [-0.15, -0.1) is 0 Å². The predicted molar refractivity (Wildman–Crippen MR) is 111 cm³/mol. The van der Waals surface area contributed by atoms with Crippen molar-refractivity contribution in [3.05, 3.63) is 59.8 Å². The van der Waals surface area contributed by atoms with Crippen LogP contribution in [0.3, 0.4) is 0 Å². The number of benzene rings is 2. The van der Waals surface area contributed by atoms with Gasteiger partial charge in [-0.25, -0.2) is 4.79 Å². The molecule has 0 bridgehead atoms. The zero-order valence-corrected chi connectivity index (χ0v) is 17.5. The number of rotatable bonds is 4. The third-order valence-electron chi connectivity index (χ3n) is 3.46. The maximum absolute atomic E-state index is 11.7. The van der Waals surface area contributed by atoms with E-state index >= 15 is 0 Å². The summed E-state index contributed by atoms with van der Waals surface area (Å²) >= 11 is 0. The molecule has 26 heavy (non-hydrogen) atoms. The Morgan fingerprint density at radius 3 is 1.85 bits per heavy atom. The molecule has 0 aliphatic carbocycles. The van der Waals surface area contributed by atoms with Crippen LogP contribution in [0.25, 0.3) is 17.2 Å². The monoisotopic (exact) mass is 368 g/mol. The highest BCUT2D eigenvalue weighted by Crippen LogP contribution is 2.24. The van der Waals surface area contributed by atoms with Gasteiger partial charge in [0.15, 0.2) is 0 Å². The van der Waals surface area contributed by atoms with Gasteiger partial charge in [0, 0.05) is 0 Å². The SMILES string of the molecule is CC(C)(C)OC(=O)Oc1ccc(-c2ccc(/C=C/[Si](C)(C)C)cc2)cc1. The zero-order valence-electron chi connectivity index (χ0n) is 16.5. The molecule has 0 N–H and O–H groups in total. The Morgan fingerprint density at radius 2 is 1.38 bits per heavy atom. The molecule has 0 saturated carbocycles. The summed E-state index contributed by atoms with van der Waals surface area (Å²) in [7, 11) is -1.18. The normalized spacial score (nSPS) is 12.2. The van der Waals surface area contributed by atoms with E-state index in [1.54, 1.807) is 32.9 Å². The van der Waals surface area contributed by atoms with Crippen molar-refractivity contribution in [3.8, 4) is 16.9 Å². The van der Waals surface area contributed by atoms with Gasteiger partial charge in [0.25, 0.3) is 0 Å². The van der Waals surface area contributed by atoms with Crippen molar-refractivity contribution in [3.63, 3.8) is 0 Å². The van der Waals surface area contributed by atoms with E-state index in [1.165, 1.54) is 5.56 Å². The lowest BCUT2D eigenvalue weighted by Gasteiger charge is -2.18. The number of hydrogen-bond donors (Lipinski definition) is 0. The van der Waals surface area contributed by atoms with Crippen molar-refractivity contribution < 1.29 is 14.3 Å². The second-order valence-electron chi connectivity index (χ2n) is 8.41. The molecule has 3 nitrogen and oxygen atoms in total. The minimum Gasteiger partial charge on any atom is -0.428 e. The molecule has 0 saturated heterocycles. The van der Waals surface area contributed by atoms with E-state index in [1.807, 2.05) is 12.1 Å². The molecule has 0 fully saturated rings. The third-order valence-corrected chi connectivity index (χ3v) is 4.63. The Morgan fingerprint density at radius 1 is 0.885 bits per heavy atom. The quantitative estimate of drug-likeness (QED) is 0.348. The van der Waals surface area contributed by atoms with Gasteiger partial charge < -0.3 is 9.47 Å². The van der Waals surface area contributed by atoms with Crippen LogP contribution in [0.15, 0.2) is 54.2 Å². The highest BCUT2D eigenvalue weighted by molar-refractivity contribution is 6.81. The molecule has 0 aliphatic rings. The highest BCUT2D eigenvalue weighted by atomic mass is 28.3. The third kappa shape index (κ3) is 6.88. The fourth-order valence-corrected chi connectivity index (χ4v) is 2.91. The largest absolute Gasteiger partial charge is 0.514 e. The van der Waals surface area contributed by atoms with Gasteiger partial charge in [0.2, 0.25) is 0 Å². The Bertz CT molecular complexity index is 761. The van der Waals surface area contributed by atoms with Crippen LogP contribution in [0, 0.1) is 0 Å². The van der Waals surface area contributed by atoms with Crippen LogP contribution in [0.4, 0.5) is 4.79 Å². The van der Waals surface area contributed by atoms with Gasteiger partial charge in [-0.05, 0) is 49.6 Å². The zero-order chi connectivity index (χ0) is 19.4. The summed E-state index contributed by atoms with van der Waals surface area (Å²) in [6.07, 6.45) is 1.51. The first-order chi connectivity index (χ1) is 12.0. The lowest BCUT2D eigenvalue weighted by molar-refractivity contribution is 0.0206. The summed E-state index contributed by atoms with van der Waals surface area (Å²) in [5, 5.41) is 0. The minimum absolute atomic E-state index is 0.470. The van der Waals surface area contributed by atoms with E-state index < -0.39 is 19.8 Å². The molecular weight excluding hydrogens is 340 g/mol. The fourth-order valence-electron chi connectivity index (χ4n) is 2.22. The highest BCUT2D eigenvalue weighted by Gasteiger charge is 2.18. The van der Waals surface area contributed by atoms with E-state index in [9.17, 15) is 4.79 Å². The van der Waals surface area contributed by atoms with Gasteiger partial charge in [-0.2, -0.15) is 0 Å². The molecular formula is C22H28O3Si.